The second kappa shape index (κ2) is 14.7. The molecule has 0 fully saturated rings. The van der Waals surface area contributed by atoms with Crippen molar-refractivity contribution in [2.24, 2.45) is 16.8 Å². The number of anilines is 3. The Hall–Kier alpha value is -4.20. The van der Waals surface area contributed by atoms with Crippen LogP contribution in [-0.4, -0.2) is 89.0 Å². The van der Waals surface area contributed by atoms with Crippen molar-refractivity contribution in [2.45, 2.75) is 65.0 Å². The summed E-state index contributed by atoms with van der Waals surface area (Å²) in [7, 11) is 9.42. The Morgan fingerprint density at radius 1 is 0.827 bits per heavy atom. The molecule has 0 spiro atoms. The van der Waals surface area contributed by atoms with Gasteiger partial charge in [-0.15, -0.1) is 22.7 Å². The van der Waals surface area contributed by atoms with Crippen LogP contribution in [0.2, 0.25) is 5.15 Å². The van der Waals surface area contributed by atoms with Gasteiger partial charge in [0.15, 0.2) is 0 Å². The molecule has 3 aliphatic rings. The van der Waals surface area contributed by atoms with Crippen molar-refractivity contribution in [3.63, 3.8) is 0 Å². The van der Waals surface area contributed by atoms with E-state index >= 15 is 0 Å². The quantitative estimate of drug-likeness (QED) is 0.185. The van der Waals surface area contributed by atoms with Gasteiger partial charge in [-0.25, -0.2) is 19.9 Å². The number of halogens is 1. The van der Waals surface area contributed by atoms with Gasteiger partial charge in [0, 0.05) is 69.1 Å². The Balaban J connectivity index is 0.000000187. The molecule has 4 aromatic heterocycles. The summed E-state index contributed by atoms with van der Waals surface area (Å²) < 4.78 is 0. The number of benzene rings is 1. The van der Waals surface area contributed by atoms with E-state index in [1.54, 1.807) is 38.8 Å². The summed E-state index contributed by atoms with van der Waals surface area (Å²) in [5.41, 5.74) is 7.11. The molecule has 5 heterocycles. The van der Waals surface area contributed by atoms with Gasteiger partial charge in [-0.3, -0.25) is 14.6 Å². The van der Waals surface area contributed by atoms with E-state index in [4.69, 9.17) is 11.6 Å². The third kappa shape index (κ3) is 6.85. The number of rotatable bonds is 6. The standard InChI is InChI=1S/C25H30N6OS.C13H14ClN3OS/c1-14(2)31(5)20-9-17-12-26-11-16(17)8-19(20)29-23-22-18-7-6-15(25(32)30(3)4)10-21(18)33-24(22)28-13-27-23;1-17(2)13(18)7-3-4-8-9(5-7)19-12-10(8)11(14)15-6-16-12/h8-9,11,13-15H,6-7,10,12H2,1-5H3,(H,27,28,29);6-7H,3-5H2,1-2H3/t15-;7-/m00/s1. The maximum absolute atomic E-state index is 12.6. The van der Waals surface area contributed by atoms with Crippen LogP contribution in [0.4, 0.5) is 17.2 Å². The summed E-state index contributed by atoms with van der Waals surface area (Å²) in [5, 5.41) is 6.26. The zero-order valence-corrected chi connectivity index (χ0v) is 33.0. The molecule has 0 saturated carbocycles. The zero-order chi connectivity index (χ0) is 36.8. The first-order chi connectivity index (χ1) is 24.9. The molecular formula is C38H44ClN9O2S2. The highest BCUT2D eigenvalue weighted by molar-refractivity contribution is 7.19. The molecule has 1 aromatic carbocycles. The number of nitrogens with one attached hydrogen (secondary N) is 1. The minimum absolute atomic E-state index is 0.0484. The number of aromatic nitrogens is 4. The van der Waals surface area contributed by atoms with Crippen molar-refractivity contribution in [2.75, 3.05) is 45.5 Å². The van der Waals surface area contributed by atoms with Gasteiger partial charge in [-0.05, 0) is 86.8 Å². The molecule has 272 valence electrons. The van der Waals surface area contributed by atoms with E-state index in [-0.39, 0.29) is 23.7 Å². The molecule has 0 bridgehead atoms. The van der Waals surface area contributed by atoms with Crippen molar-refractivity contribution < 1.29 is 9.59 Å². The van der Waals surface area contributed by atoms with E-state index in [1.165, 1.54) is 32.8 Å². The number of aryl methyl sites for hydroxylation is 2. The fourth-order valence-corrected chi connectivity index (χ4v) is 10.2. The number of amides is 2. The van der Waals surface area contributed by atoms with Crippen LogP contribution < -0.4 is 10.2 Å². The number of aliphatic imine (C=N–C) groups is 1. The molecule has 2 amide bonds. The lowest BCUT2D eigenvalue weighted by molar-refractivity contribution is -0.134. The predicted molar refractivity (Wildman–Crippen MR) is 213 cm³/mol. The average molecular weight is 758 g/mol. The van der Waals surface area contributed by atoms with Crippen LogP contribution in [0.5, 0.6) is 0 Å². The van der Waals surface area contributed by atoms with E-state index in [0.717, 1.165) is 88.3 Å². The van der Waals surface area contributed by atoms with Gasteiger partial charge in [0.1, 0.15) is 33.3 Å². The van der Waals surface area contributed by atoms with Crippen molar-refractivity contribution in [1.29, 1.82) is 0 Å². The van der Waals surface area contributed by atoms with Crippen molar-refractivity contribution in [3.05, 3.63) is 61.9 Å². The summed E-state index contributed by atoms with van der Waals surface area (Å²) in [5.74, 6) is 1.39. The lowest BCUT2D eigenvalue weighted by atomic mass is 9.87. The van der Waals surface area contributed by atoms with Gasteiger partial charge in [0.2, 0.25) is 11.8 Å². The van der Waals surface area contributed by atoms with Crippen LogP contribution in [0.15, 0.2) is 29.8 Å². The Bertz CT molecular complexity index is 2210. The molecule has 0 unspecified atom stereocenters. The molecule has 5 aromatic rings. The van der Waals surface area contributed by atoms with Gasteiger partial charge in [-0.1, -0.05) is 11.6 Å². The normalized spacial score (nSPS) is 17.3. The van der Waals surface area contributed by atoms with Gasteiger partial charge < -0.3 is 20.0 Å². The van der Waals surface area contributed by atoms with Crippen LogP contribution >= 0.6 is 34.3 Å². The van der Waals surface area contributed by atoms with Crippen LogP contribution in [-0.2, 0) is 41.8 Å². The minimum atomic E-state index is 0.0484. The highest BCUT2D eigenvalue weighted by Gasteiger charge is 2.31. The second-order valence-electron chi connectivity index (χ2n) is 14.5. The average Bonchev–Trinajstić information content (AvgIpc) is 3.85. The first-order valence-corrected chi connectivity index (χ1v) is 19.7. The van der Waals surface area contributed by atoms with Gasteiger partial charge >= 0.3 is 0 Å². The van der Waals surface area contributed by atoms with Gasteiger partial charge in [-0.2, -0.15) is 0 Å². The van der Waals surface area contributed by atoms with E-state index in [1.807, 2.05) is 34.4 Å². The van der Waals surface area contributed by atoms with Crippen molar-refractivity contribution >= 4 is 89.9 Å². The fraction of sp³-hybridized carbons (Fsp3) is 0.447. The van der Waals surface area contributed by atoms with Crippen LogP contribution in [0.1, 0.15) is 58.7 Å². The number of thiophene rings is 2. The number of carbonyl (C=O) groups is 2. The van der Waals surface area contributed by atoms with Gasteiger partial charge in [0.05, 0.1) is 28.7 Å². The third-order valence-corrected chi connectivity index (χ3v) is 13.0. The number of carbonyl (C=O) groups excluding carboxylic acids is 2. The van der Waals surface area contributed by atoms with E-state index in [9.17, 15) is 9.59 Å². The molecule has 14 heteroatoms. The lowest BCUT2D eigenvalue weighted by Gasteiger charge is -2.27. The monoisotopic (exact) mass is 757 g/mol. The number of hydrogen-bond donors (Lipinski definition) is 1. The summed E-state index contributed by atoms with van der Waals surface area (Å²) in [6.45, 7) is 5.12. The molecule has 0 radical (unpaired) electrons. The van der Waals surface area contributed by atoms with Crippen LogP contribution in [0, 0.1) is 11.8 Å². The fourth-order valence-electron chi connectivity index (χ4n) is 7.37. The molecule has 8 rings (SSSR count). The van der Waals surface area contributed by atoms with E-state index < -0.39 is 0 Å². The zero-order valence-electron chi connectivity index (χ0n) is 30.7. The van der Waals surface area contributed by atoms with E-state index in [0.29, 0.717) is 11.2 Å². The molecule has 52 heavy (non-hydrogen) atoms. The smallest absolute Gasteiger partial charge is 0.225 e. The lowest BCUT2D eigenvalue weighted by Crippen LogP contribution is -2.32. The highest BCUT2D eigenvalue weighted by atomic mass is 35.5. The van der Waals surface area contributed by atoms with Gasteiger partial charge in [0.25, 0.3) is 0 Å². The Morgan fingerprint density at radius 3 is 2.00 bits per heavy atom. The molecule has 11 nitrogen and oxygen atoms in total. The second-order valence-corrected chi connectivity index (χ2v) is 17.0. The maximum atomic E-state index is 12.6. The van der Waals surface area contributed by atoms with Crippen LogP contribution in [0.3, 0.4) is 0 Å². The third-order valence-electron chi connectivity index (χ3n) is 10.4. The molecular weight excluding hydrogens is 714 g/mol. The molecule has 1 N–H and O–H groups in total. The highest BCUT2D eigenvalue weighted by Crippen LogP contribution is 2.43. The van der Waals surface area contributed by atoms with Crippen LogP contribution in [0.25, 0.3) is 20.4 Å². The Labute approximate surface area is 317 Å². The topological polar surface area (TPSA) is 120 Å². The molecule has 2 atom stereocenters. The number of fused-ring (bicyclic) bond motifs is 7. The Kier molecular flexibility index (Phi) is 10.2. The molecule has 2 aliphatic carbocycles. The summed E-state index contributed by atoms with van der Waals surface area (Å²) in [6.07, 6.45) is 10.1. The van der Waals surface area contributed by atoms with Crippen molar-refractivity contribution in [1.82, 2.24) is 29.7 Å². The number of nitrogens with zero attached hydrogens (tertiary/aromatic N) is 8. The maximum Gasteiger partial charge on any atom is 0.225 e. The molecule has 1 aliphatic heterocycles. The Morgan fingerprint density at radius 2 is 1.40 bits per heavy atom. The largest absolute Gasteiger partial charge is 0.370 e. The minimum Gasteiger partial charge on any atom is -0.370 e. The van der Waals surface area contributed by atoms with Crippen molar-refractivity contribution in [3.8, 4) is 0 Å². The first kappa shape index (κ1) is 36.2. The van der Waals surface area contributed by atoms with E-state index in [2.05, 4.69) is 68.2 Å². The predicted octanol–water partition coefficient (Wildman–Crippen LogP) is 6.94. The summed E-state index contributed by atoms with van der Waals surface area (Å²) in [6, 6.07) is 4.78. The molecule has 0 saturated heterocycles. The summed E-state index contributed by atoms with van der Waals surface area (Å²) >= 11 is 9.50. The number of hydrogen-bond acceptors (Lipinski definition) is 11. The summed E-state index contributed by atoms with van der Waals surface area (Å²) in [4.78, 5) is 56.7. The first-order valence-electron chi connectivity index (χ1n) is 17.7. The SMILES string of the molecule is CC(C)N(C)c1cc2c(cc1Nc1ncnc3sc4c(c13)CC[C@H](C(=O)N(C)C)C4)C=NC2.CN(C)C(=O)[C@H]1CCc2c(sc3ncnc(Cl)c23)C1.